The molecule has 0 spiro atoms. The average molecular weight is 358 g/mol. The summed E-state index contributed by atoms with van der Waals surface area (Å²) >= 11 is 1.47. The third-order valence-electron chi connectivity index (χ3n) is 5.31. The predicted octanol–water partition coefficient (Wildman–Crippen LogP) is 2.52. The van der Waals surface area contributed by atoms with Crippen LogP contribution >= 0.6 is 11.3 Å². The summed E-state index contributed by atoms with van der Waals surface area (Å²) in [6.45, 7) is 5.15. The summed E-state index contributed by atoms with van der Waals surface area (Å²) in [5, 5.41) is 1.02. The Labute approximate surface area is 150 Å². The first-order valence-electron chi connectivity index (χ1n) is 8.82. The Morgan fingerprint density at radius 2 is 1.80 bits per heavy atom. The van der Waals surface area contributed by atoms with Crippen molar-refractivity contribution in [2.75, 3.05) is 13.1 Å². The Morgan fingerprint density at radius 1 is 1.12 bits per heavy atom. The lowest BCUT2D eigenvalue weighted by Gasteiger charge is -2.30. The van der Waals surface area contributed by atoms with Crippen LogP contribution in [0.1, 0.15) is 58.4 Å². The first-order chi connectivity index (χ1) is 12.0. The zero-order chi connectivity index (χ0) is 17.7. The molecule has 0 bridgehead atoms. The van der Waals surface area contributed by atoms with Crippen molar-refractivity contribution < 1.29 is 9.59 Å². The van der Waals surface area contributed by atoms with E-state index in [-0.39, 0.29) is 17.7 Å². The number of aryl methyl sites for hydroxylation is 2. The fourth-order valence-electron chi connectivity index (χ4n) is 3.60. The third kappa shape index (κ3) is 2.90. The zero-order valence-electron chi connectivity index (χ0n) is 14.5. The molecule has 3 heterocycles. The van der Waals surface area contributed by atoms with E-state index in [2.05, 4.69) is 4.98 Å². The molecule has 2 fully saturated rings. The second kappa shape index (κ2) is 6.05. The van der Waals surface area contributed by atoms with Crippen molar-refractivity contribution in [3.8, 4) is 0 Å². The van der Waals surface area contributed by atoms with Crippen molar-refractivity contribution in [1.29, 1.82) is 0 Å². The van der Waals surface area contributed by atoms with Crippen LogP contribution in [0.3, 0.4) is 0 Å². The fourth-order valence-corrected chi connectivity index (χ4v) is 4.81. The van der Waals surface area contributed by atoms with Gasteiger partial charge in [-0.1, -0.05) is 0 Å². The molecule has 0 radical (unpaired) electrons. The van der Waals surface area contributed by atoms with Gasteiger partial charge in [-0.15, -0.1) is 11.3 Å². The molecule has 6 nitrogen and oxygen atoms in total. The summed E-state index contributed by atoms with van der Waals surface area (Å²) in [5.74, 6) is 1.09. The molecule has 2 aromatic heterocycles. The summed E-state index contributed by atoms with van der Waals surface area (Å²) in [4.78, 5) is 37.2. The SMILES string of the molecule is Cc1nc(C2CC2)nc2sc(C(=O)N3CCC(C(N)=O)CC3)c(C)c12. The molecule has 4 rings (SSSR count). The number of aromatic nitrogens is 2. The van der Waals surface area contributed by atoms with Gasteiger partial charge in [0.05, 0.1) is 10.6 Å². The third-order valence-corrected chi connectivity index (χ3v) is 6.48. The number of carbonyl (C=O) groups excluding carboxylic acids is 2. The summed E-state index contributed by atoms with van der Waals surface area (Å²) in [6.07, 6.45) is 3.62. The number of fused-ring (bicyclic) bond motifs is 1. The summed E-state index contributed by atoms with van der Waals surface area (Å²) in [6, 6.07) is 0. The normalized spacial score (nSPS) is 18.7. The molecule has 1 aliphatic carbocycles. The molecule has 1 saturated heterocycles. The van der Waals surface area contributed by atoms with Crippen LogP contribution in [0.5, 0.6) is 0 Å². The number of rotatable bonds is 3. The van der Waals surface area contributed by atoms with E-state index in [1.807, 2.05) is 18.7 Å². The minimum atomic E-state index is -0.261. The molecule has 25 heavy (non-hydrogen) atoms. The van der Waals surface area contributed by atoms with Crippen molar-refractivity contribution in [1.82, 2.24) is 14.9 Å². The van der Waals surface area contributed by atoms with E-state index >= 15 is 0 Å². The van der Waals surface area contributed by atoms with Crippen molar-refractivity contribution >= 4 is 33.4 Å². The molecule has 132 valence electrons. The number of hydrogen-bond acceptors (Lipinski definition) is 5. The van der Waals surface area contributed by atoms with Crippen LogP contribution in [0.15, 0.2) is 0 Å². The second-order valence-corrected chi connectivity index (χ2v) is 8.15. The lowest BCUT2D eigenvalue weighted by atomic mass is 9.96. The molecule has 2 aromatic rings. The van der Waals surface area contributed by atoms with Crippen molar-refractivity contribution in [3.05, 3.63) is 22.0 Å². The van der Waals surface area contributed by atoms with Gasteiger partial charge < -0.3 is 10.6 Å². The monoisotopic (exact) mass is 358 g/mol. The number of nitrogens with two attached hydrogens (primary N) is 1. The van der Waals surface area contributed by atoms with Crippen LogP contribution in [0.2, 0.25) is 0 Å². The summed E-state index contributed by atoms with van der Waals surface area (Å²) < 4.78 is 0. The molecule has 0 atom stereocenters. The van der Waals surface area contributed by atoms with Crippen molar-refractivity contribution in [3.63, 3.8) is 0 Å². The highest BCUT2D eigenvalue weighted by atomic mass is 32.1. The number of carbonyl (C=O) groups is 2. The summed E-state index contributed by atoms with van der Waals surface area (Å²) in [7, 11) is 0. The smallest absolute Gasteiger partial charge is 0.264 e. The lowest BCUT2D eigenvalue weighted by Crippen LogP contribution is -2.41. The first-order valence-corrected chi connectivity index (χ1v) is 9.63. The molecular formula is C18H22N4O2S. The van der Waals surface area contributed by atoms with E-state index in [1.54, 1.807) is 0 Å². The number of thiophene rings is 1. The van der Waals surface area contributed by atoms with E-state index in [0.717, 1.165) is 45.0 Å². The topological polar surface area (TPSA) is 89.2 Å². The Hall–Kier alpha value is -2.02. The van der Waals surface area contributed by atoms with E-state index in [1.165, 1.54) is 11.3 Å². The Bertz CT molecular complexity index is 864. The molecular weight excluding hydrogens is 336 g/mol. The standard InChI is InChI=1S/C18H22N4O2S/c1-9-13-10(2)20-16(12-3-4-12)21-17(13)25-14(9)18(24)22-7-5-11(6-8-22)15(19)23/h11-12H,3-8H2,1-2H3,(H2,19,23). The van der Waals surface area contributed by atoms with Crippen LogP contribution in [0.4, 0.5) is 0 Å². The van der Waals surface area contributed by atoms with Gasteiger partial charge in [0, 0.05) is 30.3 Å². The van der Waals surface area contributed by atoms with Gasteiger partial charge in [-0.2, -0.15) is 0 Å². The van der Waals surface area contributed by atoms with Gasteiger partial charge in [0.2, 0.25) is 5.91 Å². The highest BCUT2D eigenvalue weighted by Gasteiger charge is 2.31. The van der Waals surface area contributed by atoms with E-state index in [4.69, 9.17) is 10.7 Å². The van der Waals surface area contributed by atoms with Crippen LogP contribution in [-0.2, 0) is 4.79 Å². The van der Waals surface area contributed by atoms with Crippen LogP contribution < -0.4 is 5.73 Å². The Morgan fingerprint density at radius 3 is 2.40 bits per heavy atom. The second-order valence-electron chi connectivity index (χ2n) is 7.15. The highest BCUT2D eigenvalue weighted by molar-refractivity contribution is 7.20. The van der Waals surface area contributed by atoms with Gasteiger partial charge in [-0.25, -0.2) is 9.97 Å². The van der Waals surface area contributed by atoms with Crippen LogP contribution in [-0.4, -0.2) is 39.8 Å². The number of hydrogen-bond donors (Lipinski definition) is 1. The molecule has 1 aliphatic heterocycles. The maximum Gasteiger partial charge on any atom is 0.264 e. The van der Waals surface area contributed by atoms with Crippen molar-refractivity contribution in [2.24, 2.45) is 11.7 Å². The van der Waals surface area contributed by atoms with Gasteiger partial charge in [0.1, 0.15) is 10.7 Å². The lowest BCUT2D eigenvalue weighted by molar-refractivity contribution is -0.123. The number of piperidine rings is 1. The molecule has 0 aromatic carbocycles. The molecule has 2 N–H and O–H groups in total. The number of amides is 2. The number of likely N-dealkylation sites (tertiary alicyclic amines) is 1. The average Bonchev–Trinajstić information content (AvgIpc) is 3.38. The van der Waals surface area contributed by atoms with Gasteiger partial charge in [-0.3, -0.25) is 9.59 Å². The van der Waals surface area contributed by atoms with Gasteiger partial charge in [0.15, 0.2) is 0 Å². The van der Waals surface area contributed by atoms with E-state index in [0.29, 0.717) is 31.8 Å². The van der Waals surface area contributed by atoms with Crippen molar-refractivity contribution in [2.45, 2.75) is 45.4 Å². The Kier molecular flexibility index (Phi) is 3.98. The zero-order valence-corrected chi connectivity index (χ0v) is 15.4. The molecule has 2 aliphatic rings. The molecule has 2 amide bonds. The minimum absolute atomic E-state index is 0.0378. The molecule has 0 unspecified atom stereocenters. The minimum Gasteiger partial charge on any atom is -0.369 e. The number of primary amides is 1. The quantitative estimate of drug-likeness (QED) is 0.913. The van der Waals surface area contributed by atoms with Gasteiger partial charge in [-0.05, 0) is 45.1 Å². The predicted molar refractivity (Wildman–Crippen MR) is 96.7 cm³/mol. The summed E-state index contributed by atoms with van der Waals surface area (Å²) in [5.41, 5.74) is 7.32. The Balaban J connectivity index is 1.63. The largest absolute Gasteiger partial charge is 0.369 e. The molecule has 7 heteroatoms. The van der Waals surface area contributed by atoms with Gasteiger partial charge in [0.25, 0.3) is 5.91 Å². The van der Waals surface area contributed by atoms with Crippen LogP contribution in [0, 0.1) is 19.8 Å². The molecule has 1 saturated carbocycles. The highest BCUT2D eigenvalue weighted by Crippen LogP contribution is 2.40. The fraction of sp³-hybridized carbons (Fsp3) is 0.556. The van der Waals surface area contributed by atoms with E-state index in [9.17, 15) is 9.59 Å². The maximum absolute atomic E-state index is 13.0. The first kappa shape index (κ1) is 16.4. The maximum atomic E-state index is 13.0. The van der Waals surface area contributed by atoms with E-state index < -0.39 is 0 Å². The van der Waals surface area contributed by atoms with Crippen LogP contribution in [0.25, 0.3) is 10.2 Å². The number of nitrogens with zero attached hydrogens (tertiary/aromatic N) is 3. The van der Waals surface area contributed by atoms with Gasteiger partial charge >= 0.3 is 0 Å².